The molecule has 108 valence electrons. The minimum Gasteiger partial charge on any atom is -0.397 e. The van der Waals surface area contributed by atoms with Crippen molar-refractivity contribution in [3.05, 3.63) is 16.9 Å². The fraction of sp³-hybridized carbons (Fsp3) is 0.400. The van der Waals surface area contributed by atoms with Gasteiger partial charge in [0.2, 0.25) is 10.0 Å². The van der Waals surface area contributed by atoms with Gasteiger partial charge in [0.1, 0.15) is 5.02 Å². The molecule has 0 unspecified atom stereocenters. The second kappa shape index (κ2) is 6.27. The van der Waals surface area contributed by atoms with Crippen molar-refractivity contribution in [2.45, 2.75) is 6.42 Å². The van der Waals surface area contributed by atoms with Gasteiger partial charge in [-0.05, 0) is 12.5 Å². The Morgan fingerprint density at radius 2 is 1.95 bits per heavy atom. The van der Waals surface area contributed by atoms with Gasteiger partial charge in [-0.2, -0.15) is 0 Å². The molecule has 1 rings (SSSR count). The highest BCUT2D eigenvalue weighted by Crippen LogP contribution is 2.33. The summed E-state index contributed by atoms with van der Waals surface area (Å²) in [6.07, 6.45) is 1.53. The highest BCUT2D eigenvalue weighted by atomic mass is 35.5. The maximum absolute atomic E-state index is 13.8. The van der Waals surface area contributed by atoms with E-state index in [4.69, 9.17) is 23.1 Å². The first-order valence-electron chi connectivity index (χ1n) is 5.44. The number of hydrogen-bond donors (Lipinski definition) is 4. The van der Waals surface area contributed by atoms with Crippen molar-refractivity contribution >= 4 is 38.7 Å². The molecule has 0 heterocycles. The van der Waals surface area contributed by atoms with Crippen LogP contribution in [0.1, 0.15) is 6.42 Å². The lowest BCUT2D eigenvalue weighted by atomic mass is 10.2. The summed E-state index contributed by atoms with van der Waals surface area (Å²) in [7, 11) is -3.21. The van der Waals surface area contributed by atoms with E-state index in [9.17, 15) is 12.8 Å². The minimum absolute atomic E-state index is 0.0681. The molecule has 1 aromatic carbocycles. The first-order valence-corrected chi connectivity index (χ1v) is 7.70. The number of benzene rings is 1. The van der Waals surface area contributed by atoms with E-state index >= 15 is 0 Å². The number of sulfonamides is 1. The summed E-state index contributed by atoms with van der Waals surface area (Å²) in [5.41, 5.74) is 11.4. The molecule has 0 aliphatic rings. The van der Waals surface area contributed by atoms with Gasteiger partial charge >= 0.3 is 0 Å². The lowest BCUT2D eigenvalue weighted by Gasteiger charge is -2.12. The SMILES string of the molecule is CS(=O)(=O)NCCCNc1c(N)cc(N)c(Cl)c1F. The molecule has 0 radical (unpaired) electrons. The Morgan fingerprint density at radius 3 is 2.53 bits per heavy atom. The summed E-state index contributed by atoms with van der Waals surface area (Å²) >= 11 is 5.67. The third-order valence-electron chi connectivity index (χ3n) is 2.28. The van der Waals surface area contributed by atoms with E-state index in [0.29, 0.717) is 13.0 Å². The van der Waals surface area contributed by atoms with Gasteiger partial charge in [-0.3, -0.25) is 0 Å². The molecule has 6 nitrogen and oxygen atoms in total. The van der Waals surface area contributed by atoms with Crippen LogP contribution in [0.5, 0.6) is 0 Å². The van der Waals surface area contributed by atoms with Crippen molar-refractivity contribution in [1.82, 2.24) is 4.72 Å². The Hall–Kier alpha value is -1.25. The van der Waals surface area contributed by atoms with Crippen LogP contribution in [0.15, 0.2) is 6.07 Å². The van der Waals surface area contributed by atoms with Crippen molar-refractivity contribution in [1.29, 1.82) is 0 Å². The maximum Gasteiger partial charge on any atom is 0.208 e. The average molecular weight is 311 g/mol. The Bertz CT molecular complexity index is 565. The van der Waals surface area contributed by atoms with Crippen molar-refractivity contribution < 1.29 is 12.8 Å². The quantitative estimate of drug-likeness (QED) is 0.463. The summed E-state index contributed by atoms with van der Waals surface area (Å²) in [5.74, 6) is -0.713. The molecule has 0 atom stereocenters. The van der Waals surface area contributed by atoms with Crippen LogP contribution in [0.2, 0.25) is 5.02 Å². The van der Waals surface area contributed by atoms with Crippen LogP contribution in [0.3, 0.4) is 0 Å². The second-order valence-electron chi connectivity index (χ2n) is 4.00. The molecular formula is C10H16ClFN4O2S. The Labute approximate surface area is 116 Å². The first kappa shape index (κ1) is 15.8. The zero-order chi connectivity index (χ0) is 14.6. The van der Waals surface area contributed by atoms with E-state index < -0.39 is 15.8 Å². The van der Waals surface area contributed by atoms with E-state index in [1.807, 2.05) is 0 Å². The Kier molecular flexibility index (Phi) is 5.21. The largest absolute Gasteiger partial charge is 0.397 e. The first-order chi connectivity index (χ1) is 8.72. The van der Waals surface area contributed by atoms with E-state index in [-0.39, 0.29) is 28.6 Å². The Morgan fingerprint density at radius 1 is 1.32 bits per heavy atom. The number of hydrogen-bond acceptors (Lipinski definition) is 5. The molecule has 0 amide bonds. The topological polar surface area (TPSA) is 110 Å². The normalized spacial score (nSPS) is 11.5. The van der Waals surface area contributed by atoms with Crippen LogP contribution >= 0.6 is 11.6 Å². The molecule has 0 aliphatic heterocycles. The summed E-state index contributed by atoms with van der Waals surface area (Å²) < 4.78 is 37.7. The van der Waals surface area contributed by atoms with Crippen LogP contribution in [-0.2, 0) is 10.0 Å². The van der Waals surface area contributed by atoms with Crippen LogP contribution in [0, 0.1) is 5.82 Å². The fourth-order valence-corrected chi connectivity index (χ4v) is 2.07. The highest BCUT2D eigenvalue weighted by Gasteiger charge is 2.13. The number of nitrogen functional groups attached to an aromatic ring is 2. The third kappa shape index (κ3) is 4.73. The van der Waals surface area contributed by atoms with Gasteiger partial charge in [0.15, 0.2) is 5.82 Å². The minimum atomic E-state index is -3.21. The van der Waals surface area contributed by atoms with Gasteiger partial charge in [0, 0.05) is 13.1 Å². The third-order valence-corrected chi connectivity index (χ3v) is 3.40. The number of nitrogens with one attached hydrogen (secondary N) is 2. The van der Waals surface area contributed by atoms with Crippen LogP contribution in [0.4, 0.5) is 21.5 Å². The zero-order valence-corrected chi connectivity index (χ0v) is 11.9. The van der Waals surface area contributed by atoms with Gasteiger partial charge in [-0.25, -0.2) is 17.5 Å². The molecule has 1 aromatic rings. The van der Waals surface area contributed by atoms with Crippen molar-refractivity contribution in [2.24, 2.45) is 0 Å². The lowest BCUT2D eigenvalue weighted by molar-refractivity contribution is 0.586. The lowest BCUT2D eigenvalue weighted by Crippen LogP contribution is -2.24. The van der Waals surface area contributed by atoms with Crippen LogP contribution < -0.4 is 21.5 Å². The number of anilines is 3. The van der Waals surface area contributed by atoms with Crippen LogP contribution in [0.25, 0.3) is 0 Å². The van der Waals surface area contributed by atoms with Crippen molar-refractivity contribution in [2.75, 3.05) is 36.1 Å². The predicted octanol–water partition coefficient (Wildman–Crippen LogP) is 0.995. The van der Waals surface area contributed by atoms with Crippen molar-refractivity contribution in [3.63, 3.8) is 0 Å². The van der Waals surface area contributed by atoms with Gasteiger partial charge in [0.05, 0.1) is 23.3 Å². The highest BCUT2D eigenvalue weighted by molar-refractivity contribution is 7.88. The zero-order valence-electron chi connectivity index (χ0n) is 10.3. The van der Waals surface area contributed by atoms with E-state index in [0.717, 1.165) is 6.26 Å². The number of nitrogens with two attached hydrogens (primary N) is 2. The molecule has 0 bridgehead atoms. The Balaban J connectivity index is 2.57. The van der Waals surface area contributed by atoms with Crippen molar-refractivity contribution in [3.8, 4) is 0 Å². The van der Waals surface area contributed by atoms with Gasteiger partial charge < -0.3 is 16.8 Å². The molecule has 19 heavy (non-hydrogen) atoms. The summed E-state index contributed by atoms with van der Waals surface area (Å²) in [6.45, 7) is 0.583. The van der Waals surface area contributed by atoms with Crippen LogP contribution in [-0.4, -0.2) is 27.8 Å². The maximum atomic E-state index is 13.8. The number of rotatable bonds is 6. The smallest absolute Gasteiger partial charge is 0.208 e. The average Bonchev–Trinajstić information content (AvgIpc) is 2.28. The molecule has 0 fully saturated rings. The van der Waals surface area contributed by atoms with E-state index in [1.54, 1.807) is 0 Å². The van der Waals surface area contributed by atoms with Gasteiger partial charge in [0.25, 0.3) is 0 Å². The van der Waals surface area contributed by atoms with Gasteiger partial charge in [-0.1, -0.05) is 11.6 Å². The summed E-state index contributed by atoms with van der Waals surface area (Å²) in [6, 6.07) is 1.36. The molecule has 0 spiro atoms. The van der Waals surface area contributed by atoms with E-state index in [1.165, 1.54) is 6.07 Å². The molecule has 0 aromatic heterocycles. The standard InChI is InChI=1S/C10H16ClFN4O2S/c1-19(17,18)16-4-2-3-15-10-7(14)5-6(13)8(11)9(10)12/h5,15-16H,2-4,13-14H2,1H3. The second-order valence-corrected chi connectivity index (χ2v) is 6.22. The van der Waals surface area contributed by atoms with Gasteiger partial charge in [-0.15, -0.1) is 0 Å². The molecule has 0 aliphatic carbocycles. The molecule has 0 saturated heterocycles. The predicted molar refractivity (Wildman–Crippen MR) is 76.2 cm³/mol. The summed E-state index contributed by atoms with van der Waals surface area (Å²) in [5, 5.41) is 2.57. The van der Waals surface area contributed by atoms with E-state index in [2.05, 4.69) is 10.0 Å². The number of halogens is 2. The monoisotopic (exact) mass is 310 g/mol. The molecular weight excluding hydrogens is 295 g/mol. The molecule has 6 N–H and O–H groups in total. The molecule has 0 saturated carbocycles. The fourth-order valence-electron chi connectivity index (χ4n) is 1.41. The molecule has 9 heteroatoms. The summed E-state index contributed by atoms with van der Waals surface area (Å²) in [4.78, 5) is 0.